The van der Waals surface area contributed by atoms with Gasteiger partial charge >= 0.3 is 0 Å². The molecule has 0 aliphatic carbocycles. The number of benzene rings is 2. The average molecular weight is 397 g/mol. The lowest BCUT2D eigenvalue weighted by molar-refractivity contribution is 0.0787. The Hall–Kier alpha value is -2.47. The highest BCUT2D eigenvalue weighted by Gasteiger charge is 2.29. The number of rotatable bonds is 3. The largest absolute Gasteiger partial charge is 0.336 e. The van der Waals surface area contributed by atoms with Crippen LogP contribution in [0.3, 0.4) is 0 Å². The van der Waals surface area contributed by atoms with Crippen molar-refractivity contribution >= 4 is 21.8 Å². The first kappa shape index (κ1) is 16.0. The van der Waals surface area contributed by atoms with E-state index in [2.05, 4.69) is 26.2 Å². The quantitative estimate of drug-likeness (QED) is 0.676. The van der Waals surface area contributed by atoms with Crippen LogP contribution >= 0.6 is 15.9 Å². The van der Waals surface area contributed by atoms with Gasteiger partial charge in [0, 0.05) is 28.7 Å². The van der Waals surface area contributed by atoms with Crippen molar-refractivity contribution in [2.45, 2.75) is 12.5 Å². The Morgan fingerprint density at radius 3 is 2.76 bits per heavy atom. The Morgan fingerprint density at radius 2 is 1.96 bits per heavy atom. The third-order valence-electron chi connectivity index (χ3n) is 4.48. The molecule has 126 valence electrons. The van der Waals surface area contributed by atoms with E-state index in [-0.39, 0.29) is 11.9 Å². The molecule has 1 saturated heterocycles. The van der Waals surface area contributed by atoms with Gasteiger partial charge in [-0.3, -0.25) is 4.79 Å². The number of aromatic nitrogens is 3. The van der Waals surface area contributed by atoms with E-state index in [9.17, 15) is 4.79 Å². The van der Waals surface area contributed by atoms with Crippen LogP contribution in [0.1, 0.15) is 22.8 Å². The van der Waals surface area contributed by atoms with E-state index in [0.29, 0.717) is 12.1 Å². The molecule has 0 bridgehead atoms. The SMILES string of the molecule is O=C(c1cccc(Br)c1)N1CC[C@@H](n2cc(-c3ccccc3)nn2)C1. The average Bonchev–Trinajstić information content (AvgIpc) is 3.31. The number of carbonyl (C=O) groups excluding carboxylic acids is 1. The van der Waals surface area contributed by atoms with Crippen molar-refractivity contribution in [2.24, 2.45) is 0 Å². The Labute approximate surface area is 154 Å². The van der Waals surface area contributed by atoms with Gasteiger partial charge in [-0.1, -0.05) is 57.5 Å². The summed E-state index contributed by atoms with van der Waals surface area (Å²) in [5, 5.41) is 8.55. The lowest BCUT2D eigenvalue weighted by atomic mass is 10.2. The molecular weight excluding hydrogens is 380 g/mol. The number of likely N-dealkylation sites (tertiary alicyclic amines) is 1. The molecule has 1 atom stereocenters. The first-order chi connectivity index (χ1) is 12.2. The number of amides is 1. The van der Waals surface area contributed by atoms with Gasteiger partial charge < -0.3 is 4.90 Å². The van der Waals surface area contributed by atoms with Gasteiger partial charge in [0.15, 0.2) is 0 Å². The van der Waals surface area contributed by atoms with Gasteiger partial charge in [-0.15, -0.1) is 5.10 Å². The molecule has 0 saturated carbocycles. The van der Waals surface area contributed by atoms with Gasteiger partial charge in [0.2, 0.25) is 0 Å². The lowest BCUT2D eigenvalue weighted by Gasteiger charge is -2.16. The molecule has 2 aromatic carbocycles. The Morgan fingerprint density at radius 1 is 1.12 bits per heavy atom. The fourth-order valence-corrected chi connectivity index (χ4v) is 3.54. The van der Waals surface area contributed by atoms with Crippen LogP contribution in [-0.4, -0.2) is 38.9 Å². The minimum atomic E-state index is 0.0622. The molecule has 1 aliphatic heterocycles. The summed E-state index contributed by atoms with van der Waals surface area (Å²) in [7, 11) is 0. The van der Waals surface area contributed by atoms with Crippen LogP contribution in [0.4, 0.5) is 0 Å². The van der Waals surface area contributed by atoms with Crippen molar-refractivity contribution in [3.63, 3.8) is 0 Å². The van der Waals surface area contributed by atoms with Crippen LogP contribution in [-0.2, 0) is 0 Å². The summed E-state index contributed by atoms with van der Waals surface area (Å²) >= 11 is 3.42. The molecular formula is C19H17BrN4O. The lowest BCUT2D eigenvalue weighted by Crippen LogP contribution is -2.29. The molecule has 0 spiro atoms. The molecule has 1 aliphatic rings. The topological polar surface area (TPSA) is 51.0 Å². The second-order valence-corrected chi connectivity index (χ2v) is 7.07. The zero-order valence-electron chi connectivity index (χ0n) is 13.5. The van der Waals surface area contributed by atoms with Crippen LogP contribution in [0, 0.1) is 0 Å². The molecule has 0 N–H and O–H groups in total. The Kier molecular flexibility index (Phi) is 4.36. The smallest absolute Gasteiger partial charge is 0.253 e. The second-order valence-electron chi connectivity index (χ2n) is 6.15. The highest BCUT2D eigenvalue weighted by Crippen LogP contribution is 2.25. The summed E-state index contributed by atoms with van der Waals surface area (Å²) in [5.74, 6) is 0.0622. The predicted molar refractivity (Wildman–Crippen MR) is 99.2 cm³/mol. The van der Waals surface area contributed by atoms with E-state index in [1.165, 1.54) is 0 Å². The summed E-state index contributed by atoms with van der Waals surface area (Å²) in [5.41, 5.74) is 2.62. The maximum atomic E-state index is 12.7. The number of halogens is 1. The number of nitrogens with zero attached hydrogens (tertiary/aromatic N) is 4. The summed E-state index contributed by atoms with van der Waals surface area (Å²) in [6.07, 6.45) is 2.85. The monoisotopic (exact) mass is 396 g/mol. The van der Waals surface area contributed by atoms with Gasteiger partial charge in [-0.2, -0.15) is 0 Å². The fraction of sp³-hybridized carbons (Fsp3) is 0.211. The van der Waals surface area contributed by atoms with Gasteiger partial charge in [-0.25, -0.2) is 4.68 Å². The van der Waals surface area contributed by atoms with Crippen LogP contribution in [0.15, 0.2) is 65.3 Å². The molecule has 3 aromatic rings. The molecule has 1 aromatic heterocycles. The molecule has 6 heteroatoms. The van der Waals surface area contributed by atoms with Crippen molar-refractivity contribution < 1.29 is 4.79 Å². The Balaban J connectivity index is 1.48. The van der Waals surface area contributed by atoms with Crippen molar-refractivity contribution in [2.75, 3.05) is 13.1 Å². The summed E-state index contributed by atoms with van der Waals surface area (Å²) < 4.78 is 2.80. The molecule has 1 fully saturated rings. The zero-order chi connectivity index (χ0) is 17.2. The minimum Gasteiger partial charge on any atom is -0.336 e. The van der Waals surface area contributed by atoms with E-state index in [4.69, 9.17) is 0 Å². The van der Waals surface area contributed by atoms with E-state index < -0.39 is 0 Å². The number of carbonyl (C=O) groups is 1. The highest BCUT2D eigenvalue weighted by molar-refractivity contribution is 9.10. The van der Waals surface area contributed by atoms with Crippen LogP contribution in [0.25, 0.3) is 11.3 Å². The van der Waals surface area contributed by atoms with Gasteiger partial charge in [-0.05, 0) is 24.6 Å². The second kappa shape index (κ2) is 6.80. The molecule has 1 amide bonds. The predicted octanol–water partition coefficient (Wildman–Crippen LogP) is 3.79. The standard InChI is InChI=1S/C19H17BrN4O/c20-16-8-4-7-15(11-16)19(25)23-10-9-17(12-23)24-13-18(21-22-24)14-5-2-1-3-6-14/h1-8,11,13,17H,9-10,12H2/t17-/m1/s1. The molecule has 0 radical (unpaired) electrons. The maximum absolute atomic E-state index is 12.7. The first-order valence-corrected chi connectivity index (χ1v) is 9.02. The van der Waals surface area contributed by atoms with Crippen molar-refractivity contribution in [1.29, 1.82) is 0 Å². The fourth-order valence-electron chi connectivity index (χ4n) is 3.14. The minimum absolute atomic E-state index is 0.0622. The van der Waals surface area contributed by atoms with Gasteiger partial charge in [0.05, 0.1) is 12.2 Å². The summed E-state index contributed by atoms with van der Waals surface area (Å²) in [4.78, 5) is 14.5. The summed E-state index contributed by atoms with van der Waals surface area (Å²) in [6.45, 7) is 1.39. The molecule has 2 heterocycles. The molecule has 25 heavy (non-hydrogen) atoms. The number of hydrogen-bond donors (Lipinski definition) is 0. The van der Waals surface area contributed by atoms with Gasteiger partial charge in [0.25, 0.3) is 5.91 Å². The van der Waals surface area contributed by atoms with E-state index in [1.807, 2.05) is 70.4 Å². The molecule has 0 unspecified atom stereocenters. The molecule has 5 nitrogen and oxygen atoms in total. The van der Waals surface area contributed by atoms with E-state index >= 15 is 0 Å². The van der Waals surface area contributed by atoms with Crippen LogP contribution < -0.4 is 0 Å². The van der Waals surface area contributed by atoms with Crippen LogP contribution in [0.2, 0.25) is 0 Å². The zero-order valence-corrected chi connectivity index (χ0v) is 15.1. The van der Waals surface area contributed by atoms with Crippen molar-refractivity contribution in [1.82, 2.24) is 19.9 Å². The summed E-state index contributed by atoms with van der Waals surface area (Å²) in [6, 6.07) is 17.7. The number of hydrogen-bond acceptors (Lipinski definition) is 3. The highest BCUT2D eigenvalue weighted by atomic mass is 79.9. The van der Waals surface area contributed by atoms with E-state index in [0.717, 1.165) is 28.7 Å². The normalized spacial score (nSPS) is 17.0. The van der Waals surface area contributed by atoms with Crippen LogP contribution in [0.5, 0.6) is 0 Å². The maximum Gasteiger partial charge on any atom is 0.253 e. The van der Waals surface area contributed by atoms with Gasteiger partial charge in [0.1, 0.15) is 5.69 Å². The third kappa shape index (κ3) is 3.35. The third-order valence-corrected chi connectivity index (χ3v) is 4.97. The Bertz CT molecular complexity index is 893. The first-order valence-electron chi connectivity index (χ1n) is 8.23. The van der Waals surface area contributed by atoms with Crippen molar-refractivity contribution in [3.8, 4) is 11.3 Å². The van der Waals surface area contributed by atoms with Crippen molar-refractivity contribution in [3.05, 3.63) is 70.8 Å². The molecule has 4 rings (SSSR count). The van der Waals surface area contributed by atoms with E-state index in [1.54, 1.807) is 0 Å².